The molecule has 1 aromatic heterocycles. The molecule has 4 heteroatoms. The Morgan fingerprint density at radius 3 is 2.80 bits per heavy atom. The quantitative estimate of drug-likeness (QED) is 0.645. The van der Waals surface area contributed by atoms with Gasteiger partial charge in [0.15, 0.2) is 5.60 Å². The fourth-order valence-electron chi connectivity index (χ4n) is 3.99. The van der Waals surface area contributed by atoms with Crippen LogP contribution in [0.2, 0.25) is 0 Å². The first kappa shape index (κ1) is 14.6. The number of halogens is 1. The molecule has 124 valence electrons. The zero-order chi connectivity index (χ0) is 16.9. The van der Waals surface area contributed by atoms with Gasteiger partial charge in [-0.2, -0.15) is 0 Å². The van der Waals surface area contributed by atoms with Crippen LogP contribution >= 0.6 is 0 Å². The Kier molecular flexibility index (Phi) is 3.14. The maximum Gasteiger partial charge on any atom is 0.170 e. The molecule has 5 rings (SSSR count). The van der Waals surface area contributed by atoms with Crippen LogP contribution in [0.4, 0.5) is 4.39 Å². The van der Waals surface area contributed by atoms with Gasteiger partial charge in [0.1, 0.15) is 5.82 Å². The molecule has 1 atom stereocenters. The molecule has 0 amide bonds. The minimum atomic E-state index is -0.466. The van der Waals surface area contributed by atoms with Crippen molar-refractivity contribution in [2.24, 2.45) is 5.16 Å². The summed E-state index contributed by atoms with van der Waals surface area (Å²) in [6.45, 7) is 0. The van der Waals surface area contributed by atoms with Gasteiger partial charge in [0, 0.05) is 23.1 Å². The molecule has 1 aliphatic heterocycles. The number of oxime groups is 1. The topological polar surface area (TPSA) is 34.5 Å². The third-order valence-corrected chi connectivity index (χ3v) is 5.23. The van der Waals surface area contributed by atoms with Crippen molar-refractivity contribution in [2.75, 3.05) is 0 Å². The van der Waals surface area contributed by atoms with E-state index in [-0.39, 0.29) is 5.82 Å². The SMILES string of the molecule is Fc1ccc2nc3c(cc2c1)[C@]1(CCC3)CC(c2ccccc2)=NO1. The first-order valence-corrected chi connectivity index (χ1v) is 8.64. The van der Waals surface area contributed by atoms with Crippen LogP contribution in [-0.2, 0) is 16.9 Å². The van der Waals surface area contributed by atoms with Crippen molar-refractivity contribution in [3.05, 3.63) is 77.2 Å². The first-order valence-electron chi connectivity index (χ1n) is 8.64. The van der Waals surface area contributed by atoms with E-state index in [4.69, 9.17) is 9.82 Å². The highest BCUT2D eigenvalue weighted by atomic mass is 19.1. The summed E-state index contributed by atoms with van der Waals surface area (Å²) in [6.07, 6.45) is 3.58. The molecule has 25 heavy (non-hydrogen) atoms. The van der Waals surface area contributed by atoms with Crippen LogP contribution in [0.5, 0.6) is 0 Å². The molecular weight excluding hydrogens is 315 g/mol. The molecule has 0 radical (unpaired) electrons. The molecule has 0 fully saturated rings. The summed E-state index contributed by atoms with van der Waals surface area (Å²) in [7, 11) is 0. The highest BCUT2D eigenvalue weighted by Gasteiger charge is 2.45. The van der Waals surface area contributed by atoms with E-state index in [0.717, 1.165) is 59.1 Å². The molecule has 1 aliphatic carbocycles. The van der Waals surface area contributed by atoms with Crippen molar-refractivity contribution in [1.29, 1.82) is 0 Å². The van der Waals surface area contributed by atoms with E-state index in [1.807, 2.05) is 24.3 Å². The molecule has 2 aliphatic rings. The molecule has 3 nitrogen and oxygen atoms in total. The predicted octanol–water partition coefficient (Wildman–Crippen LogP) is 4.73. The molecule has 2 heterocycles. The van der Waals surface area contributed by atoms with E-state index in [9.17, 15) is 4.39 Å². The fourth-order valence-corrected chi connectivity index (χ4v) is 3.99. The summed E-state index contributed by atoms with van der Waals surface area (Å²) in [5, 5.41) is 5.21. The monoisotopic (exact) mass is 332 g/mol. The van der Waals surface area contributed by atoms with Crippen molar-refractivity contribution >= 4 is 16.6 Å². The average Bonchev–Trinajstić information content (AvgIpc) is 3.06. The lowest BCUT2D eigenvalue weighted by atomic mass is 9.77. The molecule has 0 N–H and O–H groups in total. The van der Waals surface area contributed by atoms with Crippen LogP contribution in [-0.4, -0.2) is 10.7 Å². The van der Waals surface area contributed by atoms with Crippen molar-refractivity contribution < 1.29 is 9.23 Å². The number of fused-ring (bicyclic) bond motifs is 3. The van der Waals surface area contributed by atoms with Gasteiger partial charge in [0.05, 0.1) is 11.2 Å². The molecule has 0 unspecified atom stereocenters. The molecule has 0 bridgehead atoms. The van der Waals surface area contributed by atoms with Gasteiger partial charge in [0.25, 0.3) is 0 Å². The van der Waals surface area contributed by atoms with Crippen LogP contribution < -0.4 is 0 Å². The maximum absolute atomic E-state index is 13.6. The largest absolute Gasteiger partial charge is 0.384 e. The summed E-state index contributed by atoms with van der Waals surface area (Å²) in [6, 6.07) is 16.9. The maximum atomic E-state index is 13.6. The van der Waals surface area contributed by atoms with E-state index in [1.165, 1.54) is 6.07 Å². The second-order valence-electron chi connectivity index (χ2n) is 6.84. The van der Waals surface area contributed by atoms with Gasteiger partial charge in [-0.25, -0.2) is 4.39 Å². The van der Waals surface area contributed by atoms with Gasteiger partial charge < -0.3 is 4.84 Å². The van der Waals surface area contributed by atoms with Gasteiger partial charge in [0.2, 0.25) is 0 Å². The number of hydrogen-bond donors (Lipinski definition) is 0. The normalized spacial score (nSPS) is 21.9. The first-order chi connectivity index (χ1) is 12.2. The van der Waals surface area contributed by atoms with E-state index >= 15 is 0 Å². The highest BCUT2D eigenvalue weighted by molar-refractivity contribution is 6.01. The summed E-state index contributed by atoms with van der Waals surface area (Å²) in [5.41, 5.74) is 4.53. The fraction of sp³-hybridized carbons (Fsp3) is 0.238. The molecule has 0 saturated carbocycles. The van der Waals surface area contributed by atoms with Crippen molar-refractivity contribution in [1.82, 2.24) is 4.98 Å². The van der Waals surface area contributed by atoms with E-state index in [1.54, 1.807) is 12.1 Å². The van der Waals surface area contributed by atoms with Gasteiger partial charge in [-0.15, -0.1) is 0 Å². The Morgan fingerprint density at radius 2 is 1.92 bits per heavy atom. The van der Waals surface area contributed by atoms with Gasteiger partial charge >= 0.3 is 0 Å². The van der Waals surface area contributed by atoms with Gasteiger partial charge in [-0.05, 0) is 49.1 Å². The number of hydrogen-bond acceptors (Lipinski definition) is 3. The molecule has 0 saturated heterocycles. The van der Waals surface area contributed by atoms with Crippen molar-refractivity contribution in [3.8, 4) is 0 Å². The number of aromatic nitrogens is 1. The zero-order valence-electron chi connectivity index (χ0n) is 13.7. The summed E-state index contributed by atoms with van der Waals surface area (Å²) < 4.78 is 13.6. The van der Waals surface area contributed by atoms with Gasteiger partial charge in [-0.1, -0.05) is 35.5 Å². The Labute approximate surface area is 145 Å². The van der Waals surface area contributed by atoms with Crippen molar-refractivity contribution in [2.45, 2.75) is 31.3 Å². The Hall–Kier alpha value is -2.75. The third-order valence-electron chi connectivity index (χ3n) is 5.23. The number of aryl methyl sites for hydroxylation is 1. The predicted molar refractivity (Wildman–Crippen MR) is 95.0 cm³/mol. The van der Waals surface area contributed by atoms with Crippen LogP contribution in [0.25, 0.3) is 10.9 Å². The number of rotatable bonds is 1. The van der Waals surface area contributed by atoms with Crippen LogP contribution in [0.15, 0.2) is 59.8 Å². The van der Waals surface area contributed by atoms with Crippen LogP contribution in [0.1, 0.15) is 36.1 Å². The third kappa shape index (κ3) is 2.32. The minimum absolute atomic E-state index is 0.243. The number of nitrogens with zero attached hydrogens (tertiary/aromatic N) is 2. The zero-order valence-corrected chi connectivity index (χ0v) is 13.7. The standard InChI is InChI=1S/C21H17FN2O/c22-16-8-9-18-15(11-16)12-17-19(23-18)7-4-10-21(17)13-20(24-25-21)14-5-2-1-3-6-14/h1-3,5-6,8-9,11-12H,4,7,10,13H2/t21-/m0/s1. The van der Waals surface area contributed by atoms with Gasteiger partial charge in [-0.3, -0.25) is 4.98 Å². The van der Waals surface area contributed by atoms with E-state index < -0.39 is 5.60 Å². The van der Waals surface area contributed by atoms with E-state index in [0.29, 0.717) is 0 Å². The minimum Gasteiger partial charge on any atom is -0.384 e. The molecule has 1 spiro atoms. The molecular formula is C21H17FN2O. The Balaban J connectivity index is 1.59. The van der Waals surface area contributed by atoms with Crippen molar-refractivity contribution in [3.63, 3.8) is 0 Å². The average molecular weight is 332 g/mol. The lowest BCUT2D eigenvalue weighted by Gasteiger charge is -2.32. The van der Waals surface area contributed by atoms with E-state index in [2.05, 4.69) is 17.3 Å². The molecule has 3 aromatic rings. The van der Waals surface area contributed by atoms with Crippen LogP contribution in [0, 0.1) is 5.82 Å². The Bertz CT molecular complexity index is 999. The smallest absolute Gasteiger partial charge is 0.170 e. The van der Waals surface area contributed by atoms with Crippen LogP contribution in [0.3, 0.4) is 0 Å². The second kappa shape index (κ2) is 5.38. The lowest BCUT2D eigenvalue weighted by Crippen LogP contribution is -2.31. The number of pyridine rings is 1. The summed E-state index contributed by atoms with van der Waals surface area (Å²) >= 11 is 0. The molecule has 2 aromatic carbocycles. The second-order valence-corrected chi connectivity index (χ2v) is 6.84. The Morgan fingerprint density at radius 1 is 1.04 bits per heavy atom. The highest BCUT2D eigenvalue weighted by Crippen LogP contribution is 2.45. The number of benzene rings is 2. The summed E-state index contributed by atoms with van der Waals surface area (Å²) in [4.78, 5) is 10.8. The summed E-state index contributed by atoms with van der Waals surface area (Å²) in [5.74, 6) is -0.243. The lowest BCUT2D eigenvalue weighted by molar-refractivity contribution is -0.0366.